The van der Waals surface area contributed by atoms with Crippen LogP contribution in [0.3, 0.4) is 0 Å². The van der Waals surface area contributed by atoms with Gasteiger partial charge in [0.05, 0.1) is 0 Å². The molecule has 0 aliphatic carbocycles. The number of para-hydroxylation sites is 1. The van der Waals surface area contributed by atoms with E-state index in [1.54, 1.807) is 0 Å². The molecule has 2 rings (SSSR count). The Hall–Kier alpha value is -2.17. The molecular formula is C15H19N3O2. The summed E-state index contributed by atoms with van der Waals surface area (Å²) in [5.74, 6) is 0.504. The third-order valence-corrected chi connectivity index (χ3v) is 2.96. The molecule has 0 saturated carbocycles. The number of anilines is 1. The minimum atomic E-state index is -0.377. The Labute approximate surface area is 118 Å². The van der Waals surface area contributed by atoms with Crippen molar-refractivity contribution in [2.45, 2.75) is 39.5 Å². The number of aromatic nitrogens is 2. The molecule has 1 amide bonds. The van der Waals surface area contributed by atoms with Gasteiger partial charge in [-0.15, -0.1) is 10.2 Å². The molecule has 106 valence electrons. The van der Waals surface area contributed by atoms with E-state index in [1.165, 1.54) is 0 Å². The van der Waals surface area contributed by atoms with E-state index in [0.29, 0.717) is 11.8 Å². The predicted molar refractivity (Wildman–Crippen MR) is 76.9 cm³/mol. The van der Waals surface area contributed by atoms with Crippen molar-refractivity contribution in [3.05, 3.63) is 41.6 Å². The molecule has 5 heteroatoms. The standard InChI is InChI=1S/C15H19N3O2/c1-9(2)11-7-5-6-8-12(11)16-13(19)15-18-17-14(20-15)10(3)4/h5-10H,1-4H3,(H,16,19). The van der Waals surface area contributed by atoms with Gasteiger partial charge in [-0.1, -0.05) is 45.9 Å². The molecule has 20 heavy (non-hydrogen) atoms. The van der Waals surface area contributed by atoms with Crippen LogP contribution >= 0.6 is 0 Å². The second-order valence-electron chi connectivity index (χ2n) is 5.30. The van der Waals surface area contributed by atoms with E-state index >= 15 is 0 Å². The fourth-order valence-corrected chi connectivity index (χ4v) is 1.85. The van der Waals surface area contributed by atoms with Crippen molar-refractivity contribution in [1.82, 2.24) is 10.2 Å². The Morgan fingerprint density at radius 3 is 2.40 bits per heavy atom. The van der Waals surface area contributed by atoms with Crippen molar-refractivity contribution in [1.29, 1.82) is 0 Å². The number of carbonyl (C=O) groups is 1. The number of hydrogen-bond acceptors (Lipinski definition) is 4. The molecule has 1 aromatic carbocycles. The zero-order chi connectivity index (χ0) is 14.7. The number of amides is 1. The molecule has 1 N–H and O–H groups in total. The summed E-state index contributed by atoms with van der Waals surface area (Å²) in [7, 11) is 0. The average molecular weight is 273 g/mol. The molecule has 0 unspecified atom stereocenters. The zero-order valence-electron chi connectivity index (χ0n) is 12.2. The summed E-state index contributed by atoms with van der Waals surface area (Å²) in [5, 5.41) is 10.5. The van der Waals surface area contributed by atoms with Crippen LogP contribution in [0.2, 0.25) is 0 Å². The van der Waals surface area contributed by atoms with Crippen molar-refractivity contribution < 1.29 is 9.21 Å². The molecule has 0 fully saturated rings. The van der Waals surface area contributed by atoms with Crippen LogP contribution in [-0.4, -0.2) is 16.1 Å². The summed E-state index contributed by atoms with van der Waals surface area (Å²) < 4.78 is 5.35. The predicted octanol–water partition coefficient (Wildman–Crippen LogP) is 3.57. The van der Waals surface area contributed by atoms with Gasteiger partial charge in [0, 0.05) is 11.6 Å². The molecule has 1 heterocycles. The highest BCUT2D eigenvalue weighted by Gasteiger charge is 2.18. The van der Waals surface area contributed by atoms with Crippen molar-refractivity contribution in [2.24, 2.45) is 0 Å². The van der Waals surface area contributed by atoms with Gasteiger partial charge in [0.1, 0.15) is 0 Å². The van der Waals surface area contributed by atoms with E-state index in [2.05, 4.69) is 29.4 Å². The molecule has 1 aromatic heterocycles. The molecule has 0 radical (unpaired) electrons. The van der Waals surface area contributed by atoms with E-state index < -0.39 is 0 Å². The summed E-state index contributed by atoms with van der Waals surface area (Å²) in [4.78, 5) is 12.1. The van der Waals surface area contributed by atoms with Gasteiger partial charge in [-0.25, -0.2) is 0 Å². The molecule has 0 saturated heterocycles. The Balaban J connectivity index is 2.19. The number of carbonyl (C=O) groups excluding carboxylic acids is 1. The van der Waals surface area contributed by atoms with Gasteiger partial charge in [-0.2, -0.15) is 0 Å². The lowest BCUT2D eigenvalue weighted by molar-refractivity contribution is 0.0988. The number of hydrogen-bond donors (Lipinski definition) is 1. The first-order valence-corrected chi connectivity index (χ1v) is 6.72. The van der Waals surface area contributed by atoms with Crippen molar-refractivity contribution >= 4 is 11.6 Å². The largest absolute Gasteiger partial charge is 0.417 e. The van der Waals surface area contributed by atoms with Crippen LogP contribution in [0.25, 0.3) is 0 Å². The monoisotopic (exact) mass is 273 g/mol. The van der Waals surface area contributed by atoms with Crippen LogP contribution in [0.1, 0.15) is 61.7 Å². The first kappa shape index (κ1) is 14.2. The molecule has 0 aliphatic heterocycles. The van der Waals surface area contributed by atoms with Crippen LogP contribution in [0.4, 0.5) is 5.69 Å². The SMILES string of the molecule is CC(C)c1nnc(C(=O)Nc2ccccc2C(C)C)o1. The van der Waals surface area contributed by atoms with Crippen molar-refractivity contribution in [2.75, 3.05) is 5.32 Å². The van der Waals surface area contributed by atoms with Crippen molar-refractivity contribution in [3.8, 4) is 0 Å². The lowest BCUT2D eigenvalue weighted by Gasteiger charge is -2.12. The maximum atomic E-state index is 12.1. The smallest absolute Gasteiger partial charge is 0.313 e. The second-order valence-corrected chi connectivity index (χ2v) is 5.30. The Morgan fingerprint density at radius 2 is 1.80 bits per heavy atom. The number of benzene rings is 1. The third-order valence-electron chi connectivity index (χ3n) is 2.96. The fraction of sp³-hybridized carbons (Fsp3) is 0.400. The van der Waals surface area contributed by atoms with E-state index in [4.69, 9.17) is 4.42 Å². The highest BCUT2D eigenvalue weighted by molar-refractivity contribution is 6.01. The number of nitrogens with zero attached hydrogens (tertiary/aromatic N) is 2. The molecule has 0 spiro atoms. The lowest BCUT2D eigenvalue weighted by atomic mass is 10.0. The van der Waals surface area contributed by atoms with Gasteiger partial charge >= 0.3 is 11.8 Å². The van der Waals surface area contributed by atoms with Gasteiger partial charge in [0.15, 0.2) is 0 Å². The van der Waals surface area contributed by atoms with Crippen LogP contribution in [0.5, 0.6) is 0 Å². The summed E-state index contributed by atoms with van der Waals surface area (Å²) in [6.45, 7) is 8.02. The zero-order valence-corrected chi connectivity index (χ0v) is 12.2. The fourth-order valence-electron chi connectivity index (χ4n) is 1.85. The topological polar surface area (TPSA) is 68.0 Å². The van der Waals surface area contributed by atoms with E-state index in [-0.39, 0.29) is 17.7 Å². The number of nitrogens with one attached hydrogen (secondary N) is 1. The maximum Gasteiger partial charge on any atom is 0.313 e. The van der Waals surface area contributed by atoms with Gasteiger partial charge in [-0.05, 0) is 17.5 Å². The average Bonchev–Trinajstić information content (AvgIpc) is 2.89. The molecule has 0 atom stereocenters. The highest BCUT2D eigenvalue weighted by atomic mass is 16.4. The summed E-state index contributed by atoms with van der Waals surface area (Å²) in [6.07, 6.45) is 0. The van der Waals surface area contributed by atoms with E-state index in [9.17, 15) is 4.79 Å². The van der Waals surface area contributed by atoms with Gasteiger partial charge < -0.3 is 9.73 Å². The van der Waals surface area contributed by atoms with E-state index in [0.717, 1.165) is 11.3 Å². The lowest BCUT2D eigenvalue weighted by Crippen LogP contribution is -2.14. The molecule has 5 nitrogen and oxygen atoms in total. The minimum absolute atomic E-state index is 0.00717. The molecule has 0 aliphatic rings. The first-order chi connectivity index (χ1) is 9.49. The Bertz CT molecular complexity index is 603. The highest BCUT2D eigenvalue weighted by Crippen LogP contribution is 2.24. The van der Waals surface area contributed by atoms with Gasteiger partial charge in [0.25, 0.3) is 0 Å². The van der Waals surface area contributed by atoms with Gasteiger partial charge in [-0.3, -0.25) is 4.79 Å². The first-order valence-electron chi connectivity index (χ1n) is 6.72. The molecular weight excluding hydrogens is 254 g/mol. The quantitative estimate of drug-likeness (QED) is 0.924. The third kappa shape index (κ3) is 3.04. The van der Waals surface area contributed by atoms with Crippen LogP contribution in [0.15, 0.2) is 28.7 Å². The molecule has 2 aromatic rings. The van der Waals surface area contributed by atoms with Crippen LogP contribution in [-0.2, 0) is 0 Å². The van der Waals surface area contributed by atoms with Crippen LogP contribution in [0, 0.1) is 0 Å². The van der Waals surface area contributed by atoms with E-state index in [1.807, 2.05) is 38.1 Å². The Morgan fingerprint density at radius 1 is 1.10 bits per heavy atom. The minimum Gasteiger partial charge on any atom is -0.417 e. The Kier molecular flexibility index (Phi) is 4.17. The summed E-state index contributed by atoms with van der Waals surface area (Å²) >= 11 is 0. The van der Waals surface area contributed by atoms with Crippen molar-refractivity contribution in [3.63, 3.8) is 0 Å². The second kappa shape index (κ2) is 5.86. The summed E-state index contributed by atoms with van der Waals surface area (Å²) in [5.41, 5.74) is 1.85. The van der Waals surface area contributed by atoms with Gasteiger partial charge in [0.2, 0.25) is 5.89 Å². The maximum absolute atomic E-state index is 12.1. The normalized spacial score (nSPS) is 11.1. The number of rotatable bonds is 4. The van der Waals surface area contributed by atoms with Crippen LogP contribution < -0.4 is 5.32 Å². The molecule has 0 bridgehead atoms. The summed E-state index contributed by atoms with van der Waals surface area (Å²) in [6, 6.07) is 7.70.